The summed E-state index contributed by atoms with van der Waals surface area (Å²) in [6.45, 7) is 8.21. The smallest absolute Gasteiger partial charge is 0.289 e. The van der Waals surface area contributed by atoms with E-state index < -0.39 is 5.91 Å². The Morgan fingerprint density at radius 2 is 1.93 bits per heavy atom. The van der Waals surface area contributed by atoms with Crippen LogP contribution in [0.25, 0.3) is 4.85 Å². The fourth-order valence-electron chi connectivity index (χ4n) is 1.12. The minimum Gasteiger partial charge on any atom is -0.289 e. The Bertz CT molecular complexity index is 438. The quantitative estimate of drug-likeness (QED) is 0.551. The molecule has 0 radical (unpaired) electrons. The van der Waals surface area contributed by atoms with Crippen LogP contribution in [0.1, 0.15) is 15.9 Å². The van der Waals surface area contributed by atoms with E-state index in [2.05, 4.69) is 11.4 Å². The van der Waals surface area contributed by atoms with E-state index in [1.165, 1.54) is 6.08 Å². The molecule has 1 amide bonds. The summed E-state index contributed by atoms with van der Waals surface area (Å²) in [5.74, 6) is -0.533. The molecule has 0 aromatic heterocycles. The Morgan fingerprint density at radius 1 is 1.33 bits per heavy atom. The monoisotopic (exact) mass is 200 g/mol. The molecule has 74 valence electrons. The van der Waals surface area contributed by atoms with Gasteiger partial charge in [0.1, 0.15) is 6.42 Å². The number of allylic oxidation sites excluding steroid dienone is 1. The van der Waals surface area contributed by atoms with Crippen LogP contribution in [-0.2, 0) is 11.2 Å². The molecule has 0 atom stereocenters. The van der Waals surface area contributed by atoms with Crippen LogP contribution in [0.2, 0.25) is 0 Å². The first kappa shape index (κ1) is 10.9. The van der Waals surface area contributed by atoms with Crippen molar-refractivity contribution in [3.8, 4) is 6.57 Å². The number of benzene rings is 1. The molecule has 3 nitrogen and oxygen atoms in total. The van der Waals surface area contributed by atoms with E-state index in [4.69, 9.17) is 6.57 Å². The van der Waals surface area contributed by atoms with Gasteiger partial charge in [0.05, 0.1) is 0 Å². The maximum absolute atomic E-state index is 11.2. The molecule has 1 aromatic rings. The predicted octanol–water partition coefficient (Wildman–Crippen LogP) is 2.09. The van der Waals surface area contributed by atoms with Crippen LogP contribution < -0.4 is 0 Å². The minimum atomic E-state index is -0.391. The number of hydrogen-bond donors (Lipinski definition) is 0. The highest BCUT2D eigenvalue weighted by atomic mass is 16.1. The number of hydrogen-bond acceptors (Lipinski definition) is 2. The Morgan fingerprint density at radius 3 is 2.40 bits per heavy atom. The molecule has 1 aromatic carbocycles. The summed E-state index contributed by atoms with van der Waals surface area (Å²) < 4.78 is 0. The average molecular weight is 200 g/mol. The molecule has 0 bridgehead atoms. The molecule has 0 aliphatic carbocycles. The number of carbonyl (C=O) groups is 2. The number of amides is 1. The van der Waals surface area contributed by atoms with Gasteiger partial charge in [0.15, 0.2) is 5.78 Å². The molecule has 1 rings (SSSR count). The van der Waals surface area contributed by atoms with Gasteiger partial charge in [-0.3, -0.25) is 4.79 Å². The largest absolute Gasteiger partial charge is 0.518 e. The molecule has 0 saturated heterocycles. The molecular weight excluding hydrogens is 190 g/mol. The summed E-state index contributed by atoms with van der Waals surface area (Å²) in [5, 5.41) is 0. The van der Waals surface area contributed by atoms with Crippen LogP contribution in [0.15, 0.2) is 36.9 Å². The van der Waals surface area contributed by atoms with E-state index >= 15 is 0 Å². The summed E-state index contributed by atoms with van der Waals surface area (Å²) in [7, 11) is 0. The van der Waals surface area contributed by atoms with E-state index in [0.29, 0.717) is 5.56 Å². The highest BCUT2D eigenvalue weighted by Crippen LogP contribution is 2.07. The van der Waals surface area contributed by atoms with Crippen LogP contribution >= 0.6 is 0 Å². The van der Waals surface area contributed by atoms with E-state index in [1.54, 1.807) is 24.3 Å². The van der Waals surface area contributed by atoms with Crippen LogP contribution in [0.5, 0.6) is 0 Å². The second-order valence-electron chi connectivity index (χ2n) is 2.96. The third kappa shape index (κ3) is 2.89. The van der Waals surface area contributed by atoms with Crippen molar-refractivity contribution in [3.05, 3.63) is 52.9 Å². The molecule has 15 heavy (non-hydrogen) atoms. The molecule has 3 heteroatoms. The van der Waals surface area contributed by atoms with Gasteiger partial charge in [0.2, 0.25) is 0 Å². The molecule has 0 unspecified atom stereocenters. The normalized spacial score (nSPS) is 9.00. The molecule has 0 heterocycles. The SMILES string of the molecule is C#[N+]C(=O)Cc1ccc(C(=O)C=C)cc1. The van der Waals surface area contributed by atoms with Gasteiger partial charge in [0.25, 0.3) is 6.57 Å². The van der Waals surface area contributed by atoms with Crippen molar-refractivity contribution in [3.63, 3.8) is 0 Å². The number of nitrogens with zero attached hydrogens (tertiary/aromatic N) is 1. The highest BCUT2D eigenvalue weighted by molar-refractivity contribution is 6.04. The molecule has 0 saturated carbocycles. The molecule has 0 aliphatic heterocycles. The van der Waals surface area contributed by atoms with Crippen molar-refractivity contribution in [2.45, 2.75) is 6.42 Å². The first-order valence-corrected chi connectivity index (χ1v) is 4.37. The van der Waals surface area contributed by atoms with E-state index in [-0.39, 0.29) is 12.2 Å². The molecule has 0 spiro atoms. The Hall–Kier alpha value is -2.21. The first-order chi connectivity index (χ1) is 7.17. The van der Waals surface area contributed by atoms with Crippen LogP contribution in [0, 0.1) is 6.57 Å². The van der Waals surface area contributed by atoms with Crippen molar-refractivity contribution < 1.29 is 9.59 Å². The average Bonchev–Trinajstić information content (AvgIpc) is 2.29. The zero-order chi connectivity index (χ0) is 11.3. The molecule has 0 aliphatic rings. The maximum Gasteiger partial charge on any atom is 0.518 e. The molecule has 0 fully saturated rings. The fraction of sp³-hybridized carbons (Fsp3) is 0.0833. The fourth-order valence-corrected chi connectivity index (χ4v) is 1.12. The maximum atomic E-state index is 11.2. The van der Waals surface area contributed by atoms with Gasteiger partial charge in [-0.15, -0.1) is 0 Å². The topological polar surface area (TPSA) is 38.5 Å². The minimum absolute atomic E-state index is 0.142. The van der Waals surface area contributed by atoms with Crippen molar-refractivity contribution in [1.29, 1.82) is 0 Å². The van der Waals surface area contributed by atoms with Gasteiger partial charge in [-0.1, -0.05) is 30.8 Å². The lowest BCUT2D eigenvalue weighted by atomic mass is 10.1. The van der Waals surface area contributed by atoms with Gasteiger partial charge in [-0.2, -0.15) is 0 Å². The van der Waals surface area contributed by atoms with Crippen molar-refractivity contribution in [1.82, 2.24) is 0 Å². The molecule has 0 N–H and O–H groups in total. The summed E-state index contributed by atoms with van der Waals surface area (Å²) in [5.41, 5.74) is 1.32. The van der Waals surface area contributed by atoms with Crippen molar-refractivity contribution in [2.75, 3.05) is 0 Å². The van der Waals surface area contributed by atoms with Crippen molar-refractivity contribution in [2.24, 2.45) is 0 Å². The zero-order valence-electron chi connectivity index (χ0n) is 8.14. The lowest BCUT2D eigenvalue weighted by Gasteiger charge is -1.96. The Kier molecular flexibility index (Phi) is 3.53. The number of rotatable bonds is 4. The van der Waals surface area contributed by atoms with Crippen LogP contribution in [0.3, 0.4) is 0 Å². The Labute approximate surface area is 87.9 Å². The summed E-state index contributed by atoms with van der Waals surface area (Å²) in [6, 6.07) is 6.67. The third-order valence-electron chi connectivity index (χ3n) is 1.92. The Balaban J connectivity index is 2.82. The van der Waals surface area contributed by atoms with Crippen LogP contribution in [0.4, 0.5) is 0 Å². The van der Waals surface area contributed by atoms with Crippen molar-refractivity contribution >= 4 is 11.7 Å². The second-order valence-corrected chi connectivity index (χ2v) is 2.96. The van der Waals surface area contributed by atoms with Gasteiger partial charge in [-0.05, 0) is 11.6 Å². The summed E-state index contributed by atoms with van der Waals surface area (Å²) in [6.07, 6.45) is 1.40. The van der Waals surface area contributed by atoms with Gasteiger partial charge >= 0.3 is 5.91 Å². The summed E-state index contributed by atoms with van der Waals surface area (Å²) >= 11 is 0. The standard InChI is InChI=1S/C12H10NO2/c1-3-11(14)10-6-4-9(5-7-10)8-12(15)13-2/h2-7H,1,8H2/q+1. The number of carbonyl (C=O) groups excluding carboxylic acids is 2. The van der Waals surface area contributed by atoms with E-state index in [0.717, 1.165) is 5.56 Å². The van der Waals surface area contributed by atoms with Gasteiger partial charge in [0, 0.05) is 10.4 Å². The third-order valence-corrected chi connectivity index (χ3v) is 1.92. The lowest BCUT2D eigenvalue weighted by Crippen LogP contribution is -1.98. The first-order valence-electron chi connectivity index (χ1n) is 4.37. The van der Waals surface area contributed by atoms with E-state index in [9.17, 15) is 9.59 Å². The summed E-state index contributed by atoms with van der Waals surface area (Å²) in [4.78, 5) is 25.1. The lowest BCUT2D eigenvalue weighted by molar-refractivity contribution is -0.114. The molecular formula is C12H10NO2+. The van der Waals surface area contributed by atoms with Gasteiger partial charge < -0.3 is 0 Å². The predicted molar refractivity (Wildman–Crippen MR) is 58.0 cm³/mol. The second kappa shape index (κ2) is 4.87. The number of ketones is 1. The van der Waals surface area contributed by atoms with Gasteiger partial charge in [-0.25, -0.2) is 4.79 Å². The highest BCUT2D eigenvalue weighted by Gasteiger charge is 2.11. The van der Waals surface area contributed by atoms with E-state index in [1.807, 2.05) is 0 Å². The van der Waals surface area contributed by atoms with Crippen LogP contribution in [-0.4, -0.2) is 11.7 Å². The zero-order valence-corrected chi connectivity index (χ0v) is 8.14.